The van der Waals surface area contributed by atoms with Crippen LogP contribution >= 0.6 is 0 Å². The van der Waals surface area contributed by atoms with Gasteiger partial charge in [-0.25, -0.2) is 0 Å². The van der Waals surface area contributed by atoms with Crippen LogP contribution in [0.1, 0.15) is 29.8 Å². The molecule has 0 saturated carbocycles. The fraction of sp³-hybridized carbons (Fsp3) is 0.462. The lowest BCUT2D eigenvalue weighted by atomic mass is 10.0. The second kappa shape index (κ2) is 5.21. The Bertz CT molecular complexity index is 469. The van der Waals surface area contributed by atoms with Gasteiger partial charge < -0.3 is 10.6 Å². The van der Waals surface area contributed by atoms with Gasteiger partial charge in [0.2, 0.25) is 0 Å². The fourth-order valence-corrected chi connectivity index (χ4v) is 1.43. The topological polar surface area (TPSA) is 46.3 Å². The molecule has 106 valence electrons. The first kappa shape index (κ1) is 15.5. The van der Waals surface area contributed by atoms with Gasteiger partial charge in [-0.3, -0.25) is 4.79 Å². The van der Waals surface area contributed by atoms with E-state index < -0.39 is 23.2 Å². The minimum atomic E-state index is -4.46. The highest BCUT2D eigenvalue weighted by Crippen LogP contribution is 2.30. The van der Waals surface area contributed by atoms with Crippen molar-refractivity contribution in [1.29, 1.82) is 0 Å². The summed E-state index contributed by atoms with van der Waals surface area (Å²) in [5.41, 5.74) is 4.09. The van der Waals surface area contributed by atoms with Gasteiger partial charge in [-0.1, -0.05) is 6.07 Å². The van der Waals surface area contributed by atoms with Crippen molar-refractivity contribution in [3.05, 3.63) is 35.4 Å². The molecule has 0 saturated heterocycles. The largest absolute Gasteiger partial charge is 0.416 e. The van der Waals surface area contributed by atoms with E-state index in [0.717, 1.165) is 12.1 Å². The van der Waals surface area contributed by atoms with Crippen LogP contribution in [0.3, 0.4) is 0 Å². The molecule has 0 bridgehead atoms. The molecule has 1 aromatic rings. The maximum Gasteiger partial charge on any atom is 0.416 e. The van der Waals surface area contributed by atoms with E-state index in [9.17, 15) is 18.0 Å². The molecule has 0 aliphatic heterocycles. The van der Waals surface area contributed by atoms with Crippen LogP contribution in [0, 0.1) is 0 Å². The summed E-state index contributed by atoms with van der Waals surface area (Å²) in [6.45, 7) is 3.71. The number of rotatable bonds is 3. The van der Waals surface area contributed by atoms with Crippen LogP contribution in [-0.2, 0) is 6.18 Å². The van der Waals surface area contributed by atoms with Gasteiger partial charge in [0.25, 0.3) is 5.91 Å². The number of alkyl halides is 3. The van der Waals surface area contributed by atoms with Crippen molar-refractivity contribution in [1.82, 2.24) is 4.90 Å². The first-order chi connectivity index (χ1) is 8.59. The Morgan fingerprint density at radius 1 is 1.32 bits per heavy atom. The molecular formula is C13H17F3N2O. The molecule has 2 N–H and O–H groups in total. The van der Waals surface area contributed by atoms with Crippen molar-refractivity contribution in [3.8, 4) is 0 Å². The second-order valence-corrected chi connectivity index (χ2v) is 4.96. The average Bonchev–Trinajstić information content (AvgIpc) is 2.36. The molecule has 1 amide bonds. The standard InChI is InChI=1S/C13H17F3N2O/c1-12(2,8-17)18(3)11(19)9-5-4-6-10(7-9)13(14,15)16/h4-7H,8,17H2,1-3H3. The van der Waals surface area contributed by atoms with Gasteiger partial charge in [0, 0.05) is 24.7 Å². The van der Waals surface area contributed by atoms with Crippen molar-refractivity contribution in [2.24, 2.45) is 5.73 Å². The molecule has 0 aromatic heterocycles. The normalized spacial score (nSPS) is 12.4. The van der Waals surface area contributed by atoms with Gasteiger partial charge in [0.15, 0.2) is 0 Å². The number of likely N-dealkylation sites (N-methyl/N-ethyl adjacent to an activating group) is 1. The van der Waals surface area contributed by atoms with Gasteiger partial charge >= 0.3 is 6.18 Å². The Hall–Kier alpha value is -1.56. The Morgan fingerprint density at radius 2 is 1.89 bits per heavy atom. The predicted octanol–water partition coefficient (Wildman–Crippen LogP) is 2.51. The summed E-state index contributed by atoms with van der Waals surface area (Å²) in [6, 6.07) is 4.37. The summed E-state index contributed by atoms with van der Waals surface area (Å²) in [6.07, 6.45) is -4.46. The number of carbonyl (C=O) groups excluding carboxylic acids is 1. The summed E-state index contributed by atoms with van der Waals surface area (Å²) in [5.74, 6) is -0.485. The number of nitrogens with zero attached hydrogens (tertiary/aromatic N) is 1. The molecule has 3 nitrogen and oxygen atoms in total. The molecule has 0 aliphatic rings. The summed E-state index contributed by atoms with van der Waals surface area (Å²) in [4.78, 5) is 13.5. The number of nitrogens with two attached hydrogens (primary N) is 1. The van der Waals surface area contributed by atoms with Crippen LogP contribution in [0.2, 0.25) is 0 Å². The molecule has 0 aliphatic carbocycles. The van der Waals surface area contributed by atoms with Gasteiger partial charge in [0.05, 0.1) is 5.56 Å². The number of carbonyl (C=O) groups is 1. The number of hydrogen-bond acceptors (Lipinski definition) is 2. The highest BCUT2D eigenvalue weighted by atomic mass is 19.4. The minimum absolute atomic E-state index is 0.00106. The summed E-state index contributed by atoms with van der Waals surface area (Å²) >= 11 is 0. The average molecular weight is 274 g/mol. The van der Waals surface area contributed by atoms with Crippen LogP contribution in [0.4, 0.5) is 13.2 Å². The van der Waals surface area contributed by atoms with E-state index in [1.165, 1.54) is 24.1 Å². The summed E-state index contributed by atoms with van der Waals surface area (Å²) in [7, 11) is 1.52. The van der Waals surface area contributed by atoms with E-state index in [1.807, 2.05) is 0 Å². The van der Waals surface area contributed by atoms with E-state index in [0.29, 0.717) is 0 Å². The lowest BCUT2D eigenvalue weighted by molar-refractivity contribution is -0.137. The van der Waals surface area contributed by atoms with E-state index in [-0.39, 0.29) is 12.1 Å². The molecule has 1 rings (SSSR count). The SMILES string of the molecule is CN(C(=O)c1cccc(C(F)(F)F)c1)C(C)(C)CN. The zero-order valence-electron chi connectivity index (χ0n) is 11.1. The zero-order valence-corrected chi connectivity index (χ0v) is 11.1. The van der Waals surface area contributed by atoms with E-state index in [1.54, 1.807) is 13.8 Å². The number of benzene rings is 1. The Balaban J connectivity index is 3.08. The van der Waals surface area contributed by atoms with Gasteiger partial charge in [-0.2, -0.15) is 13.2 Å². The van der Waals surface area contributed by atoms with Crippen LogP contribution in [-0.4, -0.2) is 29.9 Å². The monoisotopic (exact) mass is 274 g/mol. The first-order valence-electron chi connectivity index (χ1n) is 5.75. The van der Waals surface area contributed by atoms with E-state index >= 15 is 0 Å². The second-order valence-electron chi connectivity index (χ2n) is 4.96. The van der Waals surface area contributed by atoms with Crippen LogP contribution in [0.5, 0.6) is 0 Å². The van der Waals surface area contributed by atoms with Crippen molar-refractivity contribution < 1.29 is 18.0 Å². The molecule has 6 heteroatoms. The fourth-order valence-electron chi connectivity index (χ4n) is 1.43. The molecule has 0 spiro atoms. The molecule has 19 heavy (non-hydrogen) atoms. The predicted molar refractivity (Wildman–Crippen MR) is 66.7 cm³/mol. The smallest absolute Gasteiger partial charge is 0.335 e. The summed E-state index contributed by atoms with van der Waals surface area (Å²) < 4.78 is 37.8. The van der Waals surface area contributed by atoms with Crippen LogP contribution in [0.25, 0.3) is 0 Å². The van der Waals surface area contributed by atoms with Crippen LogP contribution in [0.15, 0.2) is 24.3 Å². The molecular weight excluding hydrogens is 257 g/mol. The third-order valence-electron chi connectivity index (χ3n) is 3.15. The van der Waals surface area contributed by atoms with Gasteiger partial charge in [0.1, 0.15) is 0 Å². The lowest BCUT2D eigenvalue weighted by Gasteiger charge is -2.34. The van der Waals surface area contributed by atoms with Crippen LogP contribution < -0.4 is 5.73 Å². The van der Waals surface area contributed by atoms with Crippen molar-refractivity contribution >= 4 is 5.91 Å². The van der Waals surface area contributed by atoms with Gasteiger partial charge in [-0.15, -0.1) is 0 Å². The molecule has 0 atom stereocenters. The van der Waals surface area contributed by atoms with E-state index in [4.69, 9.17) is 5.73 Å². The van der Waals surface area contributed by atoms with E-state index in [2.05, 4.69) is 0 Å². The highest BCUT2D eigenvalue weighted by molar-refractivity contribution is 5.94. The summed E-state index contributed by atoms with van der Waals surface area (Å²) in [5, 5.41) is 0. The molecule has 1 aromatic carbocycles. The van der Waals surface area contributed by atoms with Gasteiger partial charge in [-0.05, 0) is 32.0 Å². The number of hydrogen-bond donors (Lipinski definition) is 1. The Morgan fingerprint density at radius 3 is 2.37 bits per heavy atom. The number of halogens is 3. The molecule has 0 unspecified atom stereocenters. The Labute approximate surface area is 110 Å². The van der Waals surface area contributed by atoms with Crippen molar-refractivity contribution in [2.75, 3.05) is 13.6 Å². The Kier molecular flexibility index (Phi) is 4.25. The third-order valence-corrected chi connectivity index (χ3v) is 3.15. The van der Waals surface area contributed by atoms with Crippen molar-refractivity contribution in [3.63, 3.8) is 0 Å². The maximum atomic E-state index is 12.6. The van der Waals surface area contributed by atoms with Crippen molar-refractivity contribution in [2.45, 2.75) is 25.6 Å². The molecule has 0 heterocycles. The first-order valence-corrected chi connectivity index (χ1v) is 5.75. The lowest BCUT2D eigenvalue weighted by Crippen LogP contribution is -2.50. The minimum Gasteiger partial charge on any atom is -0.335 e. The molecule has 0 fully saturated rings. The maximum absolute atomic E-state index is 12.6. The number of amides is 1. The highest BCUT2D eigenvalue weighted by Gasteiger charge is 2.32. The quantitative estimate of drug-likeness (QED) is 0.920. The zero-order chi connectivity index (χ0) is 14.8. The molecule has 0 radical (unpaired) electrons. The third kappa shape index (κ3) is 3.47.